The second-order valence-corrected chi connectivity index (χ2v) is 9.54. The molecule has 2 aliphatic heterocycles. The molecule has 28 heavy (non-hydrogen) atoms. The summed E-state index contributed by atoms with van der Waals surface area (Å²) in [7, 11) is -2.07. The molecule has 2 fully saturated rings. The van der Waals surface area contributed by atoms with Crippen molar-refractivity contribution in [2.45, 2.75) is 42.7 Å². The zero-order chi connectivity index (χ0) is 20.1. The van der Waals surface area contributed by atoms with E-state index in [2.05, 4.69) is 0 Å². The van der Waals surface area contributed by atoms with Crippen LogP contribution in [0, 0.1) is 0 Å². The lowest BCUT2D eigenvalue weighted by Gasteiger charge is -2.43. The molecule has 0 bridgehead atoms. The highest BCUT2D eigenvalue weighted by Gasteiger charge is 2.36. The second kappa shape index (κ2) is 9.54. The fourth-order valence-corrected chi connectivity index (χ4v) is 5.78. The van der Waals surface area contributed by atoms with Gasteiger partial charge in [0, 0.05) is 50.5 Å². The van der Waals surface area contributed by atoms with Crippen LogP contribution in [0.25, 0.3) is 0 Å². The van der Waals surface area contributed by atoms with Crippen LogP contribution < -0.4 is 0 Å². The lowest BCUT2D eigenvalue weighted by atomic mass is 9.98. The maximum absolute atomic E-state index is 12.9. The molecule has 0 atom stereocenters. The van der Waals surface area contributed by atoms with Crippen LogP contribution >= 0.6 is 11.6 Å². The number of sulfonamides is 1. The van der Waals surface area contributed by atoms with Gasteiger partial charge in [0.2, 0.25) is 15.9 Å². The smallest absolute Gasteiger partial charge is 0.249 e. The number of hydrogen-bond acceptors (Lipinski definition) is 5. The lowest BCUT2D eigenvalue weighted by molar-refractivity contribution is -0.143. The molecule has 2 heterocycles. The molecule has 1 aromatic rings. The van der Waals surface area contributed by atoms with Crippen molar-refractivity contribution in [1.82, 2.24) is 9.21 Å². The van der Waals surface area contributed by atoms with Gasteiger partial charge < -0.3 is 14.4 Å². The van der Waals surface area contributed by atoms with E-state index in [0.29, 0.717) is 44.2 Å². The molecule has 9 heteroatoms. The van der Waals surface area contributed by atoms with Crippen molar-refractivity contribution in [1.29, 1.82) is 0 Å². The van der Waals surface area contributed by atoms with Crippen LogP contribution in [0.4, 0.5) is 0 Å². The van der Waals surface area contributed by atoms with Crippen molar-refractivity contribution < 1.29 is 22.7 Å². The Hall–Kier alpha value is -1.19. The zero-order valence-electron chi connectivity index (χ0n) is 16.0. The summed E-state index contributed by atoms with van der Waals surface area (Å²) in [6.45, 7) is 2.07. The van der Waals surface area contributed by atoms with Gasteiger partial charge in [-0.15, -0.1) is 0 Å². The van der Waals surface area contributed by atoms with Crippen LogP contribution in [-0.4, -0.2) is 75.6 Å². The van der Waals surface area contributed by atoms with Crippen LogP contribution in [0.3, 0.4) is 0 Å². The van der Waals surface area contributed by atoms with Crippen molar-refractivity contribution in [3.8, 4) is 0 Å². The summed E-state index contributed by atoms with van der Waals surface area (Å²) < 4.78 is 37.8. The second-order valence-electron chi connectivity index (χ2n) is 7.17. The molecular formula is C19H27ClN2O5S. The number of halogens is 1. The molecule has 0 spiro atoms. The summed E-state index contributed by atoms with van der Waals surface area (Å²) in [5, 5.41) is 0.395. The number of carbonyl (C=O) groups excluding carboxylic acids is 1. The topological polar surface area (TPSA) is 76.2 Å². The first-order chi connectivity index (χ1) is 13.4. The number of benzene rings is 1. The molecule has 0 radical (unpaired) electrons. The Morgan fingerprint density at radius 3 is 2.46 bits per heavy atom. The van der Waals surface area contributed by atoms with Crippen LogP contribution in [0.5, 0.6) is 0 Å². The fourth-order valence-electron chi connectivity index (χ4n) is 4.00. The molecule has 7 nitrogen and oxygen atoms in total. The van der Waals surface area contributed by atoms with E-state index in [1.807, 2.05) is 4.90 Å². The predicted octanol–water partition coefficient (Wildman–Crippen LogP) is 2.15. The molecule has 0 aliphatic carbocycles. The van der Waals surface area contributed by atoms with Crippen molar-refractivity contribution in [3.05, 3.63) is 29.3 Å². The summed E-state index contributed by atoms with van der Waals surface area (Å²) in [6, 6.07) is 6.45. The number of ether oxygens (including phenoxy) is 2. The molecule has 0 aromatic heterocycles. The standard InChI is InChI=1S/C19H27ClN2O5S/c1-26-14-19(23)22(17-7-11-27-12-8-17)16-5-9-21(10-6-16)28(24,25)18-4-2-3-15(20)13-18/h2-4,13,16-17H,5-12,14H2,1H3. The van der Waals surface area contributed by atoms with Crippen LogP contribution in [0.1, 0.15) is 25.7 Å². The first kappa shape index (κ1) is 21.5. The highest BCUT2D eigenvalue weighted by molar-refractivity contribution is 7.89. The van der Waals surface area contributed by atoms with E-state index in [1.54, 1.807) is 18.2 Å². The molecule has 156 valence electrons. The summed E-state index contributed by atoms with van der Waals surface area (Å²) in [5.41, 5.74) is 0. The monoisotopic (exact) mass is 430 g/mol. The van der Waals surface area contributed by atoms with Gasteiger partial charge in [-0.1, -0.05) is 17.7 Å². The van der Waals surface area contributed by atoms with Crippen molar-refractivity contribution >= 4 is 27.5 Å². The van der Waals surface area contributed by atoms with Crippen molar-refractivity contribution in [2.75, 3.05) is 40.0 Å². The van der Waals surface area contributed by atoms with E-state index in [9.17, 15) is 13.2 Å². The van der Waals surface area contributed by atoms with Crippen molar-refractivity contribution in [2.24, 2.45) is 0 Å². The van der Waals surface area contributed by atoms with E-state index in [0.717, 1.165) is 12.8 Å². The third-order valence-electron chi connectivity index (χ3n) is 5.39. The molecule has 0 unspecified atom stereocenters. The van der Waals surface area contributed by atoms with E-state index < -0.39 is 10.0 Å². The average Bonchev–Trinajstić information content (AvgIpc) is 2.70. The van der Waals surface area contributed by atoms with Crippen LogP contribution in [-0.2, 0) is 24.3 Å². The molecule has 0 saturated carbocycles. The third-order valence-corrected chi connectivity index (χ3v) is 7.52. The summed E-state index contributed by atoms with van der Waals surface area (Å²) in [5.74, 6) is -0.0365. The Morgan fingerprint density at radius 1 is 1.21 bits per heavy atom. The maximum Gasteiger partial charge on any atom is 0.249 e. The van der Waals surface area contributed by atoms with Gasteiger partial charge in [0.05, 0.1) is 4.90 Å². The number of carbonyl (C=O) groups is 1. The van der Waals surface area contributed by atoms with Crippen LogP contribution in [0.2, 0.25) is 5.02 Å². The minimum atomic E-state index is -3.59. The molecule has 1 aromatic carbocycles. The molecule has 3 rings (SSSR count). The Bertz CT molecular complexity index is 774. The Balaban J connectivity index is 1.70. The normalized spacial score (nSPS) is 20.2. The van der Waals surface area contributed by atoms with Gasteiger partial charge in [-0.2, -0.15) is 4.31 Å². The first-order valence-corrected chi connectivity index (χ1v) is 11.4. The maximum atomic E-state index is 12.9. The van der Waals surface area contributed by atoms with Crippen LogP contribution in [0.15, 0.2) is 29.2 Å². The molecular weight excluding hydrogens is 404 g/mol. The molecule has 0 N–H and O–H groups in total. The van der Waals surface area contributed by atoms with Crippen molar-refractivity contribution in [3.63, 3.8) is 0 Å². The zero-order valence-corrected chi connectivity index (χ0v) is 17.6. The van der Waals surface area contributed by atoms with Gasteiger partial charge in [-0.25, -0.2) is 8.42 Å². The highest BCUT2D eigenvalue weighted by atomic mass is 35.5. The summed E-state index contributed by atoms with van der Waals surface area (Å²) in [6.07, 6.45) is 2.81. The summed E-state index contributed by atoms with van der Waals surface area (Å²) >= 11 is 5.96. The third kappa shape index (κ3) is 4.86. The van der Waals surface area contributed by atoms with Gasteiger partial charge in [0.1, 0.15) is 6.61 Å². The Labute approximate surface area is 171 Å². The number of amides is 1. The average molecular weight is 431 g/mol. The van der Waals surface area contributed by atoms with Gasteiger partial charge >= 0.3 is 0 Å². The van der Waals surface area contributed by atoms with Gasteiger partial charge in [-0.05, 0) is 43.9 Å². The Morgan fingerprint density at radius 2 is 1.86 bits per heavy atom. The van der Waals surface area contributed by atoms with E-state index >= 15 is 0 Å². The molecule has 2 aliphatic rings. The van der Waals surface area contributed by atoms with E-state index in [4.69, 9.17) is 21.1 Å². The largest absolute Gasteiger partial charge is 0.381 e. The molecule has 1 amide bonds. The van der Waals surface area contributed by atoms with E-state index in [1.165, 1.54) is 17.5 Å². The fraction of sp³-hybridized carbons (Fsp3) is 0.632. The minimum absolute atomic E-state index is 0.0107. The first-order valence-electron chi connectivity index (χ1n) is 9.57. The quantitative estimate of drug-likeness (QED) is 0.691. The number of methoxy groups -OCH3 is 1. The number of nitrogens with zero attached hydrogens (tertiary/aromatic N) is 2. The van der Waals surface area contributed by atoms with Gasteiger partial charge in [-0.3, -0.25) is 4.79 Å². The summed E-state index contributed by atoms with van der Waals surface area (Å²) in [4.78, 5) is 14.8. The Kier molecular flexibility index (Phi) is 7.33. The van der Waals surface area contributed by atoms with Gasteiger partial charge in [0.25, 0.3) is 0 Å². The lowest BCUT2D eigenvalue weighted by Crippen LogP contribution is -2.54. The highest BCUT2D eigenvalue weighted by Crippen LogP contribution is 2.28. The van der Waals surface area contributed by atoms with Gasteiger partial charge in [0.15, 0.2) is 0 Å². The number of hydrogen-bond donors (Lipinski definition) is 0. The number of piperidine rings is 1. The SMILES string of the molecule is COCC(=O)N(C1CCOCC1)C1CCN(S(=O)(=O)c2cccc(Cl)c2)CC1. The minimum Gasteiger partial charge on any atom is -0.381 e. The molecule has 2 saturated heterocycles. The number of rotatable bonds is 6. The predicted molar refractivity (Wildman–Crippen MR) is 106 cm³/mol. The van der Waals surface area contributed by atoms with E-state index in [-0.39, 0.29) is 29.5 Å².